The van der Waals surface area contributed by atoms with Gasteiger partial charge in [0.15, 0.2) is 0 Å². The molecule has 7 heteroatoms. The van der Waals surface area contributed by atoms with Gasteiger partial charge in [0, 0.05) is 26.2 Å². The molecule has 6 nitrogen and oxygen atoms in total. The SMILES string of the molecule is COC(=O)N1CCN(B(O)O)CC1. The van der Waals surface area contributed by atoms with E-state index < -0.39 is 7.25 Å². The Kier molecular flexibility index (Phi) is 3.53. The van der Waals surface area contributed by atoms with Crippen molar-refractivity contribution in [2.45, 2.75) is 0 Å². The van der Waals surface area contributed by atoms with E-state index in [2.05, 4.69) is 4.74 Å². The van der Waals surface area contributed by atoms with Gasteiger partial charge in [-0.15, -0.1) is 0 Å². The average Bonchev–Trinajstić information content (AvgIpc) is 2.17. The third kappa shape index (κ3) is 2.58. The highest BCUT2D eigenvalue weighted by Crippen LogP contribution is 2.02. The first-order chi connectivity index (χ1) is 6.15. The molecule has 0 unspecified atom stereocenters. The Bertz CT molecular complexity index is 181. The van der Waals surface area contributed by atoms with Crippen molar-refractivity contribution in [3.05, 3.63) is 0 Å². The van der Waals surface area contributed by atoms with Crippen LogP contribution in [0.3, 0.4) is 0 Å². The Balaban J connectivity index is 2.34. The predicted octanol–water partition coefficient (Wildman–Crippen LogP) is -1.66. The number of piperazine rings is 1. The third-order valence-electron chi connectivity index (χ3n) is 2.07. The van der Waals surface area contributed by atoms with Crippen molar-refractivity contribution in [1.29, 1.82) is 0 Å². The summed E-state index contributed by atoms with van der Waals surface area (Å²) >= 11 is 0. The van der Waals surface area contributed by atoms with Crippen molar-refractivity contribution in [2.24, 2.45) is 0 Å². The van der Waals surface area contributed by atoms with Crippen molar-refractivity contribution in [3.63, 3.8) is 0 Å². The molecule has 0 aromatic rings. The van der Waals surface area contributed by atoms with Crippen LogP contribution in [0.25, 0.3) is 0 Å². The monoisotopic (exact) mass is 188 g/mol. The second kappa shape index (κ2) is 4.45. The molecule has 2 N–H and O–H groups in total. The van der Waals surface area contributed by atoms with Gasteiger partial charge in [-0.1, -0.05) is 0 Å². The highest BCUT2D eigenvalue weighted by atomic mass is 16.5. The fourth-order valence-corrected chi connectivity index (χ4v) is 1.26. The topological polar surface area (TPSA) is 73.2 Å². The maximum atomic E-state index is 11.0. The van der Waals surface area contributed by atoms with Gasteiger partial charge in [0.05, 0.1) is 7.11 Å². The van der Waals surface area contributed by atoms with Crippen molar-refractivity contribution in [2.75, 3.05) is 33.3 Å². The van der Waals surface area contributed by atoms with Gasteiger partial charge in [-0.05, 0) is 0 Å². The fourth-order valence-electron chi connectivity index (χ4n) is 1.26. The summed E-state index contributed by atoms with van der Waals surface area (Å²) < 4.78 is 4.53. The zero-order valence-corrected chi connectivity index (χ0v) is 7.51. The lowest BCUT2D eigenvalue weighted by Crippen LogP contribution is -2.53. The first kappa shape index (κ1) is 10.3. The van der Waals surface area contributed by atoms with Crippen molar-refractivity contribution < 1.29 is 19.6 Å². The minimum Gasteiger partial charge on any atom is -0.453 e. The van der Waals surface area contributed by atoms with E-state index in [-0.39, 0.29) is 6.09 Å². The van der Waals surface area contributed by atoms with Crippen LogP contribution >= 0.6 is 0 Å². The molecule has 0 bridgehead atoms. The van der Waals surface area contributed by atoms with Crippen LogP contribution in [0.1, 0.15) is 0 Å². The van der Waals surface area contributed by atoms with Crippen LogP contribution < -0.4 is 0 Å². The first-order valence-corrected chi connectivity index (χ1v) is 4.08. The van der Waals surface area contributed by atoms with E-state index in [1.54, 1.807) is 0 Å². The van der Waals surface area contributed by atoms with Crippen LogP contribution in [0.15, 0.2) is 0 Å². The molecule has 0 atom stereocenters. The van der Waals surface area contributed by atoms with Gasteiger partial charge in [-0.2, -0.15) is 0 Å². The number of ether oxygens (including phenoxy) is 1. The van der Waals surface area contributed by atoms with Crippen LogP contribution in [-0.4, -0.2) is 66.4 Å². The fraction of sp³-hybridized carbons (Fsp3) is 0.833. The third-order valence-corrected chi connectivity index (χ3v) is 2.07. The summed E-state index contributed by atoms with van der Waals surface area (Å²) in [6, 6.07) is 0. The van der Waals surface area contributed by atoms with E-state index in [1.165, 1.54) is 16.8 Å². The Hall–Kier alpha value is -0.785. The molecule has 0 saturated carbocycles. The number of amides is 1. The van der Waals surface area contributed by atoms with E-state index in [1.807, 2.05) is 0 Å². The molecule has 1 rings (SSSR count). The van der Waals surface area contributed by atoms with Crippen molar-refractivity contribution in [3.8, 4) is 0 Å². The molecular weight excluding hydrogens is 175 g/mol. The first-order valence-electron chi connectivity index (χ1n) is 4.08. The van der Waals surface area contributed by atoms with Crippen LogP contribution in [0.4, 0.5) is 4.79 Å². The summed E-state index contributed by atoms with van der Waals surface area (Å²) in [5, 5.41) is 17.6. The Morgan fingerprint density at radius 3 is 2.23 bits per heavy atom. The smallest absolute Gasteiger partial charge is 0.453 e. The molecule has 0 radical (unpaired) electrons. The Morgan fingerprint density at radius 2 is 1.85 bits per heavy atom. The number of hydrogen-bond acceptors (Lipinski definition) is 5. The van der Waals surface area contributed by atoms with Gasteiger partial charge in [0.25, 0.3) is 0 Å². The molecule has 13 heavy (non-hydrogen) atoms. The number of carbonyl (C=O) groups excluding carboxylic acids is 1. The van der Waals surface area contributed by atoms with Crippen LogP contribution in [0.2, 0.25) is 0 Å². The van der Waals surface area contributed by atoms with Gasteiger partial charge in [-0.3, -0.25) is 4.81 Å². The number of carbonyl (C=O) groups is 1. The van der Waals surface area contributed by atoms with Gasteiger partial charge >= 0.3 is 13.3 Å². The maximum absolute atomic E-state index is 11.0. The van der Waals surface area contributed by atoms with E-state index in [4.69, 9.17) is 10.0 Å². The molecule has 1 amide bonds. The highest BCUT2D eigenvalue weighted by Gasteiger charge is 2.27. The standard InChI is InChI=1S/C6H13BN2O4/c1-13-6(10)8-2-4-9(5-3-8)7(11)12/h11-12H,2-5H2,1H3. The molecule has 1 fully saturated rings. The molecule has 0 aromatic heterocycles. The quantitative estimate of drug-likeness (QED) is 0.482. The molecular formula is C6H13BN2O4. The summed E-state index contributed by atoms with van der Waals surface area (Å²) in [5.74, 6) is 0. The second-order valence-corrected chi connectivity index (χ2v) is 2.84. The lowest BCUT2D eigenvalue weighted by atomic mass is 10.0. The van der Waals surface area contributed by atoms with Crippen molar-refractivity contribution >= 4 is 13.3 Å². The van der Waals surface area contributed by atoms with Gasteiger partial charge in [-0.25, -0.2) is 4.79 Å². The lowest BCUT2D eigenvalue weighted by molar-refractivity contribution is 0.1000. The van der Waals surface area contributed by atoms with Gasteiger partial charge in [0.1, 0.15) is 0 Å². The Labute approximate surface area is 76.9 Å². The molecule has 1 aliphatic heterocycles. The average molecular weight is 188 g/mol. The van der Waals surface area contributed by atoms with Gasteiger partial charge in [0.2, 0.25) is 0 Å². The van der Waals surface area contributed by atoms with E-state index in [0.717, 1.165) is 0 Å². The molecule has 74 valence electrons. The zero-order valence-electron chi connectivity index (χ0n) is 7.51. The van der Waals surface area contributed by atoms with E-state index in [0.29, 0.717) is 26.2 Å². The summed E-state index contributed by atoms with van der Waals surface area (Å²) in [6.07, 6.45) is -0.368. The minimum absolute atomic E-state index is 0.368. The lowest BCUT2D eigenvalue weighted by Gasteiger charge is -2.33. The normalized spacial score (nSPS) is 18.5. The zero-order chi connectivity index (χ0) is 9.84. The molecule has 1 saturated heterocycles. The maximum Gasteiger partial charge on any atom is 0.552 e. The van der Waals surface area contributed by atoms with E-state index >= 15 is 0 Å². The highest BCUT2D eigenvalue weighted by molar-refractivity contribution is 6.37. The molecule has 0 spiro atoms. The largest absolute Gasteiger partial charge is 0.552 e. The summed E-state index contributed by atoms with van der Waals surface area (Å²) in [7, 11) is -0.102. The van der Waals surface area contributed by atoms with E-state index in [9.17, 15) is 4.79 Å². The summed E-state index contributed by atoms with van der Waals surface area (Å²) in [6.45, 7) is 1.83. The van der Waals surface area contributed by atoms with Crippen LogP contribution in [0.5, 0.6) is 0 Å². The number of hydrogen-bond donors (Lipinski definition) is 2. The number of rotatable bonds is 1. The van der Waals surface area contributed by atoms with Gasteiger partial charge < -0.3 is 19.7 Å². The summed E-state index contributed by atoms with van der Waals surface area (Å²) in [5.41, 5.74) is 0. The summed E-state index contributed by atoms with van der Waals surface area (Å²) in [4.78, 5) is 14.0. The number of nitrogens with zero attached hydrogens (tertiary/aromatic N) is 2. The Morgan fingerprint density at radius 1 is 1.31 bits per heavy atom. The molecule has 1 aliphatic rings. The number of methoxy groups -OCH3 is 1. The molecule has 0 aliphatic carbocycles. The van der Waals surface area contributed by atoms with Crippen LogP contribution in [0, 0.1) is 0 Å². The molecule has 0 aromatic carbocycles. The predicted molar refractivity (Wildman–Crippen MR) is 45.7 cm³/mol. The second-order valence-electron chi connectivity index (χ2n) is 2.84. The van der Waals surface area contributed by atoms with Crippen LogP contribution in [-0.2, 0) is 4.74 Å². The van der Waals surface area contributed by atoms with Crippen molar-refractivity contribution in [1.82, 2.24) is 9.71 Å². The molecule has 1 heterocycles. The minimum atomic E-state index is -1.43.